The van der Waals surface area contributed by atoms with Crippen LogP contribution in [-0.4, -0.2) is 110 Å². The molecule has 0 bridgehead atoms. The van der Waals surface area contributed by atoms with Crippen molar-refractivity contribution < 1.29 is 218 Å². The fraction of sp³-hybridized carbons (Fsp3) is 0.300. The molecule has 78 heavy (non-hydrogen) atoms. The molecule has 4 atom stereocenters. The maximum absolute atomic E-state index is 11.8. The van der Waals surface area contributed by atoms with Crippen LogP contribution in [0.3, 0.4) is 0 Å². The molecule has 5 N–H and O–H groups in total. The first kappa shape index (κ1) is 61.6. The van der Waals surface area contributed by atoms with Gasteiger partial charge in [0.2, 0.25) is 0 Å². The van der Waals surface area contributed by atoms with Crippen LogP contribution in [0, 0.1) is 11.8 Å². The zero-order valence-corrected chi connectivity index (χ0v) is 55.2. The minimum atomic E-state index is -5.44. The predicted molar refractivity (Wildman–Crippen MR) is 259 cm³/mol. The van der Waals surface area contributed by atoms with Gasteiger partial charge in [-0.25, -0.2) is 29.9 Å². The third kappa shape index (κ3) is 14.0. The zero-order valence-electron chi connectivity index (χ0n) is 42.8. The maximum atomic E-state index is 11.8. The second kappa shape index (κ2) is 27.1. The Balaban J connectivity index is 0.000000193. The minimum absolute atomic E-state index is 0. The Kier molecular flexibility index (Phi) is 21.4. The Morgan fingerprint density at radius 2 is 1.12 bits per heavy atom. The van der Waals surface area contributed by atoms with Crippen molar-refractivity contribution >= 4 is 28.6 Å². The van der Waals surface area contributed by atoms with E-state index in [2.05, 4.69) is 34.0 Å². The van der Waals surface area contributed by atoms with E-state index in [4.69, 9.17) is 59.7 Å². The zero-order chi connectivity index (χ0) is 53.5. The van der Waals surface area contributed by atoms with Gasteiger partial charge in [0.25, 0.3) is 18.5 Å². The number of aromatic hydroxyl groups is 1. The standard InChI is InChI=1S/C24H22N4O4.C19H14N4O3.C6H9F3O4S.CH2O3.2Cs.H/c25-23-28-24(13-31-23)19-7-16(17-9-26-14-27-10-17)1-3-21(19)32-22-4-2-18(8-20(22)24)30-12-15-5-6-29-11-15;20-18-23-19(9-25-18)14-5-11(12-7-21-10-22-8-12)1-3-16(14)26-17-4-2-13(24)6-15(17)19;7-6(8,9)14(10,11)13-4-5-1-2-12-3-5;2-1-4-3;;;/h1-4,7-10,14-15H,5-6,11-13H2,(H2,25,28);1-8,10,24H,9H2,(H2,20,23);5H,1-4H2;1,3H;;;/q;;;;2*+1;-1/p-1/t15?,24-;19-;;;;;/m00...../s1. The molecule has 0 aliphatic carbocycles. The first-order chi connectivity index (χ1) is 36.6. The largest absolute Gasteiger partial charge is 1.00 e. The van der Waals surface area contributed by atoms with Crippen molar-refractivity contribution in [1.29, 1.82) is 0 Å². The van der Waals surface area contributed by atoms with Gasteiger partial charge < -0.3 is 61.3 Å². The molecule has 2 fully saturated rings. The number of nitrogens with zero attached hydrogens (tertiary/aromatic N) is 6. The number of phenolic OH excluding ortho intramolecular Hbond substituents is 1. The summed E-state index contributed by atoms with van der Waals surface area (Å²) in [5, 5.41) is 18.4. The van der Waals surface area contributed by atoms with E-state index in [9.17, 15) is 26.7 Å². The topological polar surface area (TPSA) is 306 Å². The molecular formula is C50H47Cs2F3N8O14S. The fourth-order valence-corrected chi connectivity index (χ4v) is 9.42. The summed E-state index contributed by atoms with van der Waals surface area (Å²) in [4.78, 5) is 37.0. The van der Waals surface area contributed by atoms with Crippen LogP contribution in [0.25, 0.3) is 22.3 Å². The number of fused-ring (bicyclic) bond motifs is 8. The number of hydrogen-bond donors (Lipinski definition) is 3. The molecule has 0 radical (unpaired) electrons. The average molecular weight is 1340 g/mol. The summed E-state index contributed by atoms with van der Waals surface area (Å²) in [7, 11) is -5.44. The summed E-state index contributed by atoms with van der Waals surface area (Å²) in [5.41, 5.74) is 11.8. The Hall–Kier alpha value is -4.07. The van der Waals surface area contributed by atoms with Crippen LogP contribution in [0.4, 0.5) is 13.2 Å². The predicted octanol–water partition coefficient (Wildman–Crippen LogP) is -0.759. The number of phenols is 1. The van der Waals surface area contributed by atoms with E-state index in [0.717, 1.165) is 70.1 Å². The van der Waals surface area contributed by atoms with Crippen LogP contribution in [0.2, 0.25) is 0 Å². The number of aromatic nitrogens is 4. The fourth-order valence-electron chi connectivity index (χ4n) is 8.92. The van der Waals surface area contributed by atoms with Crippen molar-refractivity contribution in [2.24, 2.45) is 33.3 Å². The number of hydrogen-bond acceptors (Lipinski definition) is 22. The molecule has 8 heterocycles. The molecule has 28 heteroatoms. The van der Waals surface area contributed by atoms with Gasteiger partial charge in [0.05, 0.1) is 26.4 Å². The van der Waals surface area contributed by atoms with E-state index < -0.39 is 33.3 Å². The molecule has 2 aromatic heterocycles. The number of rotatable bonds is 9. The van der Waals surface area contributed by atoms with Gasteiger partial charge in [-0.05, 0) is 84.6 Å². The average Bonchev–Trinajstić information content (AvgIpc) is 4.32. The number of carbonyl (C=O) groups excluding carboxylic acids is 1. The summed E-state index contributed by atoms with van der Waals surface area (Å²) >= 11 is 0. The van der Waals surface area contributed by atoms with Crippen molar-refractivity contribution in [1.82, 2.24) is 19.9 Å². The summed E-state index contributed by atoms with van der Waals surface area (Å²) in [6.45, 7) is 2.70. The first-order valence-electron chi connectivity index (χ1n) is 23.2. The van der Waals surface area contributed by atoms with E-state index in [-0.39, 0.29) is 189 Å². The third-order valence-corrected chi connectivity index (χ3v) is 13.7. The van der Waals surface area contributed by atoms with E-state index >= 15 is 0 Å². The molecule has 6 aromatic rings. The normalized spacial score (nSPS) is 20.7. The molecule has 6 aliphatic heterocycles. The van der Waals surface area contributed by atoms with Crippen LogP contribution in [-0.2, 0) is 54.0 Å². The SMILES string of the molecule is NC1=N[C@]2(CO1)c1cc(O)ccc1Oc1ccc(-c3cncnc3)cc12.NC1=N[C@]2(CO1)c1cc(OCC3CCOC3)ccc1Oc1ccc(-c3cncnc3)cc12.O=CO[O-].O=S(=O)(OCC1CCOC1)C(F)(F)F.[Cs+].[Cs+].[H-]. The molecule has 2 spiro atoms. The number of amidine groups is 2. The first-order valence-corrected chi connectivity index (χ1v) is 24.6. The number of halogens is 3. The maximum Gasteiger partial charge on any atom is 1.00 e. The van der Waals surface area contributed by atoms with Crippen molar-refractivity contribution in [3.05, 3.63) is 132 Å². The van der Waals surface area contributed by atoms with Crippen LogP contribution in [0.5, 0.6) is 34.5 Å². The molecule has 22 nitrogen and oxygen atoms in total. The van der Waals surface area contributed by atoms with Crippen LogP contribution in [0.1, 0.15) is 36.5 Å². The van der Waals surface area contributed by atoms with Gasteiger partial charge in [-0.3, -0.25) is 8.98 Å². The Labute approximate surface area is 563 Å². The van der Waals surface area contributed by atoms with E-state index in [1.807, 2.05) is 54.6 Å². The van der Waals surface area contributed by atoms with E-state index in [1.165, 1.54) is 12.7 Å². The monoisotopic (exact) mass is 1340 g/mol. The number of ether oxygens (including phenoxy) is 7. The minimum Gasteiger partial charge on any atom is -1.00 e. The molecule has 2 saturated heterocycles. The summed E-state index contributed by atoms with van der Waals surface area (Å²) in [5.74, 6) is 3.75. The molecule has 12 rings (SSSR count). The quantitative estimate of drug-likeness (QED) is 0.0527. The van der Waals surface area contributed by atoms with Gasteiger partial charge in [0.1, 0.15) is 60.4 Å². The van der Waals surface area contributed by atoms with Gasteiger partial charge >= 0.3 is 153 Å². The van der Waals surface area contributed by atoms with Crippen LogP contribution >= 0.6 is 0 Å². The number of aliphatic imine (C=N–C) groups is 2. The number of benzene rings is 4. The number of nitrogens with two attached hydrogens (primary N) is 2. The molecule has 2 unspecified atom stereocenters. The second-order valence-electron chi connectivity index (χ2n) is 17.6. The Morgan fingerprint density at radius 1 is 0.679 bits per heavy atom. The number of carbonyl (C=O) groups is 1. The summed E-state index contributed by atoms with van der Waals surface area (Å²) in [6, 6.07) is 22.8. The molecule has 0 saturated carbocycles. The van der Waals surface area contributed by atoms with Crippen molar-refractivity contribution in [3.8, 4) is 56.8 Å². The van der Waals surface area contributed by atoms with E-state index in [1.54, 1.807) is 43.0 Å². The van der Waals surface area contributed by atoms with Gasteiger partial charge in [-0.1, -0.05) is 12.1 Å². The van der Waals surface area contributed by atoms with Gasteiger partial charge in [0.15, 0.2) is 11.1 Å². The van der Waals surface area contributed by atoms with Crippen LogP contribution in [0.15, 0.2) is 120 Å². The van der Waals surface area contributed by atoms with E-state index in [0.29, 0.717) is 48.4 Å². The van der Waals surface area contributed by atoms with Crippen molar-refractivity contribution in [2.75, 3.05) is 52.9 Å². The van der Waals surface area contributed by atoms with Gasteiger partial charge in [-0.15, -0.1) is 0 Å². The molecular weight excluding hydrogens is 1290 g/mol. The molecule has 400 valence electrons. The Bertz CT molecular complexity index is 3250. The van der Waals surface area contributed by atoms with Gasteiger partial charge in [-0.2, -0.15) is 21.6 Å². The molecule has 4 aromatic carbocycles. The smallest absolute Gasteiger partial charge is 1.00 e. The molecule has 0 amide bonds. The van der Waals surface area contributed by atoms with Crippen molar-refractivity contribution in [3.63, 3.8) is 0 Å². The second-order valence-corrected chi connectivity index (χ2v) is 19.2. The number of alkyl halides is 3. The van der Waals surface area contributed by atoms with Crippen molar-refractivity contribution in [2.45, 2.75) is 29.4 Å². The summed E-state index contributed by atoms with van der Waals surface area (Å²) < 4.78 is 99.9. The van der Waals surface area contributed by atoms with Crippen LogP contribution < -0.4 is 169 Å². The molecule has 6 aliphatic rings. The third-order valence-electron chi connectivity index (χ3n) is 12.7. The summed E-state index contributed by atoms with van der Waals surface area (Å²) in [6.07, 6.45) is 11.6. The Morgan fingerprint density at radius 3 is 1.54 bits per heavy atom. The van der Waals surface area contributed by atoms with Gasteiger partial charge in [0, 0.05) is 83.2 Å².